The summed E-state index contributed by atoms with van der Waals surface area (Å²) in [5, 5.41) is 0. The molecule has 0 N–H and O–H groups in total. The summed E-state index contributed by atoms with van der Waals surface area (Å²) < 4.78 is 11.2. The molecule has 29 heavy (non-hydrogen) atoms. The highest BCUT2D eigenvalue weighted by molar-refractivity contribution is 6.18. The normalized spacial score (nSPS) is 14.5. The fourth-order valence-corrected chi connectivity index (χ4v) is 3.56. The van der Waals surface area contributed by atoms with Crippen molar-refractivity contribution in [3.63, 3.8) is 0 Å². The first-order chi connectivity index (χ1) is 13.9. The highest BCUT2D eigenvalue weighted by Gasteiger charge is 2.27. The number of nitrogens with zero attached hydrogens (tertiary/aromatic N) is 2. The second-order valence-corrected chi connectivity index (χ2v) is 8.00. The van der Waals surface area contributed by atoms with Crippen LogP contribution in [-0.4, -0.2) is 26.5 Å². The van der Waals surface area contributed by atoms with Gasteiger partial charge in [0.1, 0.15) is 5.82 Å². The van der Waals surface area contributed by atoms with Crippen LogP contribution in [0.15, 0.2) is 53.8 Å². The second kappa shape index (κ2) is 8.73. The summed E-state index contributed by atoms with van der Waals surface area (Å²) in [6.07, 6.45) is 1.10. The maximum Gasteiger partial charge on any atom is 0.162 e. The summed E-state index contributed by atoms with van der Waals surface area (Å²) in [7, 11) is 3.33. The molecule has 4 nitrogen and oxygen atoms in total. The standard InChI is InChI=1S/C25H32N2O2/c1-8-17(4)15-27-18(5)26-25(20-11-9-19(10-12-20)16(2)3)21-13-23(28-6)24(29-7)14-22(21)27/h9-14,16-17H,5,8,15H2,1-4,6-7H3. The van der Waals surface area contributed by atoms with Crippen LogP contribution in [0.3, 0.4) is 0 Å². The smallest absolute Gasteiger partial charge is 0.162 e. The molecule has 0 aliphatic carbocycles. The predicted molar refractivity (Wildman–Crippen MR) is 122 cm³/mol. The molecule has 2 aromatic rings. The van der Waals surface area contributed by atoms with Gasteiger partial charge in [-0.2, -0.15) is 0 Å². The molecule has 1 aliphatic heterocycles. The first-order valence-corrected chi connectivity index (χ1v) is 10.3. The Hall–Kier alpha value is -2.75. The second-order valence-electron chi connectivity index (χ2n) is 8.00. The third kappa shape index (κ3) is 4.16. The molecule has 154 valence electrons. The van der Waals surface area contributed by atoms with Crippen LogP contribution < -0.4 is 14.4 Å². The lowest BCUT2D eigenvalue weighted by molar-refractivity contribution is 0.355. The molecule has 4 heteroatoms. The van der Waals surface area contributed by atoms with Crippen molar-refractivity contribution in [3.8, 4) is 11.5 Å². The number of benzene rings is 2. The average molecular weight is 393 g/mol. The number of hydrogen-bond donors (Lipinski definition) is 0. The van der Waals surface area contributed by atoms with Gasteiger partial charge in [-0.25, -0.2) is 4.99 Å². The van der Waals surface area contributed by atoms with E-state index >= 15 is 0 Å². The van der Waals surface area contributed by atoms with Crippen LogP contribution in [0, 0.1) is 5.92 Å². The Morgan fingerprint density at radius 3 is 2.17 bits per heavy atom. The van der Waals surface area contributed by atoms with Crippen LogP contribution >= 0.6 is 0 Å². The van der Waals surface area contributed by atoms with Crippen molar-refractivity contribution < 1.29 is 9.47 Å². The fourth-order valence-electron chi connectivity index (χ4n) is 3.56. The first kappa shape index (κ1) is 21.0. The number of methoxy groups -OCH3 is 2. The molecule has 0 radical (unpaired) electrons. The predicted octanol–water partition coefficient (Wildman–Crippen LogP) is 6.00. The third-order valence-electron chi connectivity index (χ3n) is 5.64. The number of anilines is 1. The third-order valence-corrected chi connectivity index (χ3v) is 5.64. The fraction of sp³-hybridized carbons (Fsp3) is 0.400. The molecule has 0 spiro atoms. The van der Waals surface area contributed by atoms with Crippen LogP contribution in [-0.2, 0) is 0 Å². The van der Waals surface area contributed by atoms with Crippen molar-refractivity contribution in [2.45, 2.75) is 40.0 Å². The van der Waals surface area contributed by atoms with E-state index in [1.165, 1.54) is 5.56 Å². The Labute approximate surface area is 174 Å². The number of rotatable bonds is 7. The van der Waals surface area contributed by atoms with Crippen molar-refractivity contribution in [1.82, 2.24) is 0 Å². The van der Waals surface area contributed by atoms with Crippen molar-refractivity contribution >= 4 is 11.4 Å². The highest BCUT2D eigenvalue weighted by Crippen LogP contribution is 2.40. The minimum Gasteiger partial charge on any atom is -0.493 e. The van der Waals surface area contributed by atoms with Crippen molar-refractivity contribution in [2.75, 3.05) is 25.7 Å². The molecular formula is C25H32N2O2. The number of fused-ring (bicyclic) bond motifs is 1. The highest BCUT2D eigenvalue weighted by atomic mass is 16.5. The molecule has 1 aliphatic rings. The zero-order valence-electron chi connectivity index (χ0n) is 18.5. The van der Waals surface area contributed by atoms with Gasteiger partial charge in [0, 0.05) is 23.7 Å². The lowest BCUT2D eigenvalue weighted by atomic mass is 9.94. The topological polar surface area (TPSA) is 34.1 Å². The van der Waals surface area contributed by atoms with Gasteiger partial charge in [-0.05, 0) is 23.5 Å². The van der Waals surface area contributed by atoms with E-state index in [1.807, 2.05) is 12.1 Å². The Balaban J connectivity index is 2.14. The van der Waals surface area contributed by atoms with E-state index in [0.717, 1.165) is 41.3 Å². The summed E-state index contributed by atoms with van der Waals surface area (Å²) in [6.45, 7) is 14.0. The largest absolute Gasteiger partial charge is 0.493 e. The molecule has 0 saturated heterocycles. The van der Waals surface area contributed by atoms with E-state index in [4.69, 9.17) is 14.5 Å². The van der Waals surface area contributed by atoms with E-state index in [0.29, 0.717) is 23.3 Å². The van der Waals surface area contributed by atoms with E-state index in [2.05, 4.69) is 63.4 Å². The van der Waals surface area contributed by atoms with Crippen molar-refractivity contribution in [3.05, 3.63) is 65.5 Å². The van der Waals surface area contributed by atoms with Gasteiger partial charge in [0.15, 0.2) is 11.5 Å². The van der Waals surface area contributed by atoms with Crippen molar-refractivity contribution in [1.29, 1.82) is 0 Å². The van der Waals surface area contributed by atoms with E-state index in [-0.39, 0.29) is 0 Å². The van der Waals surface area contributed by atoms with Gasteiger partial charge in [-0.15, -0.1) is 0 Å². The zero-order chi connectivity index (χ0) is 21.1. The molecular weight excluding hydrogens is 360 g/mol. The van der Waals surface area contributed by atoms with E-state index in [9.17, 15) is 0 Å². The van der Waals surface area contributed by atoms with Gasteiger partial charge in [0.2, 0.25) is 0 Å². The maximum absolute atomic E-state index is 5.58. The summed E-state index contributed by atoms with van der Waals surface area (Å²) in [5.74, 6) is 3.19. The van der Waals surface area contributed by atoms with E-state index in [1.54, 1.807) is 14.2 Å². The molecule has 0 aromatic heterocycles. The molecule has 0 amide bonds. The molecule has 0 bridgehead atoms. The quantitative estimate of drug-likeness (QED) is 0.579. The lowest BCUT2D eigenvalue weighted by Gasteiger charge is -2.34. The van der Waals surface area contributed by atoms with Crippen LogP contribution in [0.1, 0.15) is 56.7 Å². The molecule has 0 fully saturated rings. The van der Waals surface area contributed by atoms with Crippen molar-refractivity contribution in [2.24, 2.45) is 10.9 Å². The zero-order valence-corrected chi connectivity index (χ0v) is 18.5. The Kier molecular flexibility index (Phi) is 6.31. The Bertz CT molecular complexity index is 913. The molecule has 1 unspecified atom stereocenters. The Morgan fingerprint density at radius 2 is 1.62 bits per heavy atom. The van der Waals surface area contributed by atoms with Gasteiger partial charge in [0.25, 0.3) is 0 Å². The van der Waals surface area contributed by atoms with Gasteiger partial charge in [-0.1, -0.05) is 65.0 Å². The van der Waals surface area contributed by atoms with Crippen LogP contribution in [0.5, 0.6) is 11.5 Å². The molecule has 1 atom stereocenters. The average Bonchev–Trinajstić information content (AvgIpc) is 2.74. The first-order valence-electron chi connectivity index (χ1n) is 10.3. The van der Waals surface area contributed by atoms with Crippen LogP contribution in [0.25, 0.3) is 0 Å². The monoisotopic (exact) mass is 392 g/mol. The molecule has 1 heterocycles. The minimum atomic E-state index is 0.495. The molecule has 2 aromatic carbocycles. The SMILES string of the molecule is C=C1N=C(c2ccc(C(C)C)cc2)c2cc(OC)c(OC)cc2N1CC(C)CC. The molecule has 0 saturated carbocycles. The number of ether oxygens (including phenoxy) is 2. The number of hydrogen-bond acceptors (Lipinski definition) is 4. The van der Waals surface area contributed by atoms with E-state index < -0.39 is 0 Å². The van der Waals surface area contributed by atoms with Crippen LogP contribution in [0.2, 0.25) is 0 Å². The lowest BCUT2D eigenvalue weighted by Crippen LogP contribution is -2.32. The number of aliphatic imine (C=N–C) groups is 1. The van der Waals surface area contributed by atoms with Gasteiger partial charge in [-0.3, -0.25) is 0 Å². The Morgan fingerprint density at radius 1 is 1.00 bits per heavy atom. The minimum absolute atomic E-state index is 0.495. The maximum atomic E-state index is 5.58. The molecule has 3 rings (SSSR count). The van der Waals surface area contributed by atoms with Gasteiger partial charge in [0.05, 0.1) is 25.6 Å². The van der Waals surface area contributed by atoms with Crippen LogP contribution in [0.4, 0.5) is 5.69 Å². The summed E-state index contributed by atoms with van der Waals surface area (Å²) >= 11 is 0. The summed E-state index contributed by atoms with van der Waals surface area (Å²) in [6, 6.07) is 12.7. The van der Waals surface area contributed by atoms with Gasteiger partial charge >= 0.3 is 0 Å². The summed E-state index contributed by atoms with van der Waals surface area (Å²) in [4.78, 5) is 7.11. The van der Waals surface area contributed by atoms with Gasteiger partial charge < -0.3 is 14.4 Å². The summed E-state index contributed by atoms with van der Waals surface area (Å²) in [5.41, 5.74) is 5.41.